The van der Waals surface area contributed by atoms with Crippen LogP contribution in [0.15, 0.2) is 0 Å². The van der Waals surface area contributed by atoms with Crippen molar-refractivity contribution in [2.45, 2.75) is 45.1 Å². The van der Waals surface area contributed by atoms with Crippen molar-refractivity contribution < 1.29 is 9.90 Å². The van der Waals surface area contributed by atoms with Gasteiger partial charge in [0.05, 0.1) is 5.92 Å². The van der Waals surface area contributed by atoms with Gasteiger partial charge in [-0.25, -0.2) is 0 Å². The Morgan fingerprint density at radius 3 is 2.38 bits per heavy atom. The molecular weight excluding hydrogens is 166 g/mol. The van der Waals surface area contributed by atoms with Crippen molar-refractivity contribution in [3.8, 4) is 0 Å². The highest BCUT2D eigenvalue weighted by molar-refractivity contribution is 5.69. The summed E-state index contributed by atoms with van der Waals surface area (Å²) in [5.74, 6) is -0.0563. The number of carboxylic acids is 1. The van der Waals surface area contributed by atoms with Crippen LogP contribution < -0.4 is 5.73 Å². The van der Waals surface area contributed by atoms with Crippen LogP contribution in [-0.2, 0) is 4.79 Å². The molecule has 1 fully saturated rings. The normalized spacial score (nSPS) is 31.2. The molecule has 76 valence electrons. The molecule has 0 aromatic rings. The van der Waals surface area contributed by atoms with Gasteiger partial charge in [-0.1, -0.05) is 0 Å². The number of hydrogen-bond donors (Lipinski definition) is 2. The second-order valence-corrected chi connectivity index (χ2v) is 4.27. The Bertz CT molecular complexity index is 172. The first-order valence-electron chi connectivity index (χ1n) is 5.08. The Morgan fingerprint density at radius 1 is 1.46 bits per heavy atom. The molecule has 0 radical (unpaired) electrons. The Kier molecular flexibility index (Phi) is 3.72. The fourth-order valence-corrected chi connectivity index (χ4v) is 2.17. The van der Waals surface area contributed by atoms with Crippen LogP contribution in [0.2, 0.25) is 0 Å². The van der Waals surface area contributed by atoms with E-state index in [-0.39, 0.29) is 12.0 Å². The van der Waals surface area contributed by atoms with E-state index in [1.807, 2.05) is 6.92 Å². The monoisotopic (exact) mass is 185 g/mol. The zero-order valence-electron chi connectivity index (χ0n) is 8.20. The summed E-state index contributed by atoms with van der Waals surface area (Å²) in [6, 6.07) is 0.256. The van der Waals surface area contributed by atoms with Gasteiger partial charge in [0.2, 0.25) is 0 Å². The quantitative estimate of drug-likeness (QED) is 0.702. The van der Waals surface area contributed by atoms with Crippen LogP contribution >= 0.6 is 0 Å². The van der Waals surface area contributed by atoms with Crippen LogP contribution in [0.1, 0.15) is 39.0 Å². The zero-order valence-corrected chi connectivity index (χ0v) is 8.20. The zero-order chi connectivity index (χ0) is 9.84. The van der Waals surface area contributed by atoms with E-state index in [9.17, 15) is 4.79 Å². The van der Waals surface area contributed by atoms with Gasteiger partial charge in [0.25, 0.3) is 0 Å². The molecule has 0 aliphatic heterocycles. The Hall–Kier alpha value is -0.570. The number of rotatable bonds is 3. The second-order valence-electron chi connectivity index (χ2n) is 4.27. The molecule has 1 atom stereocenters. The molecule has 0 spiro atoms. The summed E-state index contributed by atoms with van der Waals surface area (Å²) >= 11 is 0. The fourth-order valence-electron chi connectivity index (χ4n) is 2.17. The minimum absolute atomic E-state index is 0.0932. The molecule has 1 aliphatic carbocycles. The average Bonchev–Trinajstić information content (AvgIpc) is 2.04. The minimum atomic E-state index is -0.626. The summed E-state index contributed by atoms with van der Waals surface area (Å²) < 4.78 is 0. The van der Waals surface area contributed by atoms with Crippen LogP contribution in [0.3, 0.4) is 0 Å². The second kappa shape index (κ2) is 4.61. The van der Waals surface area contributed by atoms with E-state index in [1.165, 1.54) is 0 Å². The highest BCUT2D eigenvalue weighted by atomic mass is 16.4. The van der Waals surface area contributed by atoms with E-state index in [0.717, 1.165) is 32.1 Å². The van der Waals surface area contributed by atoms with E-state index in [1.54, 1.807) is 0 Å². The van der Waals surface area contributed by atoms with Gasteiger partial charge >= 0.3 is 5.97 Å². The van der Waals surface area contributed by atoms with Crippen LogP contribution in [-0.4, -0.2) is 17.1 Å². The highest BCUT2D eigenvalue weighted by Crippen LogP contribution is 2.31. The lowest BCUT2D eigenvalue weighted by Crippen LogP contribution is -2.25. The molecule has 1 aliphatic rings. The molecule has 1 saturated carbocycles. The van der Waals surface area contributed by atoms with Crippen molar-refractivity contribution in [1.29, 1.82) is 0 Å². The fraction of sp³-hybridized carbons (Fsp3) is 0.900. The third-order valence-electron chi connectivity index (χ3n) is 2.90. The van der Waals surface area contributed by atoms with Crippen molar-refractivity contribution >= 4 is 5.97 Å². The highest BCUT2D eigenvalue weighted by Gasteiger charge is 2.25. The molecule has 3 heteroatoms. The average molecular weight is 185 g/mol. The summed E-state index contributed by atoms with van der Waals surface area (Å²) in [6.07, 6.45) is 4.81. The largest absolute Gasteiger partial charge is 0.481 e. The molecule has 0 bridgehead atoms. The van der Waals surface area contributed by atoms with E-state index in [2.05, 4.69) is 0 Å². The van der Waals surface area contributed by atoms with Crippen molar-refractivity contribution in [2.75, 3.05) is 0 Å². The number of aliphatic carboxylic acids is 1. The van der Waals surface area contributed by atoms with E-state index in [4.69, 9.17) is 10.8 Å². The van der Waals surface area contributed by atoms with Crippen LogP contribution in [0.4, 0.5) is 0 Å². The van der Waals surface area contributed by atoms with Gasteiger partial charge in [-0.05, 0) is 44.9 Å². The van der Waals surface area contributed by atoms with E-state index < -0.39 is 5.97 Å². The van der Waals surface area contributed by atoms with Gasteiger partial charge in [0, 0.05) is 6.04 Å². The predicted molar refractivity (Wildman–Crippen MR) is 51.4 cm³/mol. The third kappa shape index (κ3) is 3.35. The lowest BCUT2D eigenvalue weighted by molar-refractivity contribution is -0.143. The number of carbonyl (C=O) groups is 1. The maximum absolute atomic E-state index is 10.7. The Morgan fingerprint density at radius 2 is 2.00 bits per heavy atom. The molecule has 0 heterocycles. The summed E-state index contributed by atoms with van der Waals surface area (Å²) in [5.41, 5.74) is 5.70. The SMILES string of the molecule is CC(N)CC1CCC(C(=O)O)CC1. The standard InChI is InChI=1S/C10H19NO2/c1-7(11)6-8-2-4-9(5-3-8)10(12)13/h7-9H,2-6,11H2,1H3,(H,12,13). The predicted octanol–water partition coefficient (Wildman–Crippen LogP) is 1.61. The molecule has 0 aromatic heterocycles. The van der Waals surface area contributed by atoms with Crippen molar-refractivity contribution in [3.63, 3.8) is 0 Å². The molecule has 1 unspecified atom stereocenters. The van der Waals surface area contributed by atoms with Crippen molar-refractivity contribution in [1.82, 2.24) is 0 Å². The molecule has 1 rings (SSSR count). The maximum Gasteiger partial charge on any atom is 0.306 e. The van der Waals surface area contributed by atoms with Crippen LogP contribution in [0.25, 0.3) is 0 Å². The molecule has 0 saturated heterocycles. The van der Waals surface area contributed by atoms with Gasteiger partial charge in [0.15, 0.2) is 0 Å². The molecular formula is C10H19NO2. The maximum atomic E-state index is 10.7. The first-order chi connectivity index (χ1) is 6.09. The molecule has 13 heavy (non-hydrogen) atoms. The summed E-state index contributed by atoms with van der Waals surface area (Å²) in [6.45, 7) is 2.02. The summed E-state index contributed by atoms with van der Waals surface area (Å²) in [5, 5.41) is 8.78. The lowest BCUT2D eigenvalue weighted by atomic mass is 9.79. The topological polar surface area (TPSA) is 63.3 Å². The number of nitrogens with two attached hydrogens (primary N) is 1. The van der Waals surface area contributed by atoms with Gasteiger partial charge in [-0.3, -0.25) is 4.79 Å². The Labute approximate surface area is 79.3 Å². The van der Waals surface area contributed by atoms with Crippen molar-refractivity contribution in [2.24, 2.45) is 17.6 Å². The van der Waals surface area contributed by atoms with Gasteiger partial charge in [0.1, 0.15) is 0 Å². The third-order valence-corrected chi connectivity index (χ3v) is 2.90. The first kappa shape index (κ1) is 10.5. The molecule has 3 nitrogen and oxygen atoms in total. The van der Waals surface area contributed by atoms with Crippen molar-refractivity contribution in [3.05, 3.63) is 0 Å². The van der Waals surface area contributed by atoms with Crippen LogP contribution in [0, 0.1) is 11.8 Å². The van der Waals surface area contributed by atoms with Gasteiger partial charge < -0.3 is 10.8 Å². The number of carboxylic acid groups (broad SMARTS) is 1. The van der Waals surface area contributed by atoms with E-state index >= 15 is 0 Å². The van der Waals surface area contributed by atoms with E-state index in [0.29, 0.717) is 5.92 Å². The summed E-state index contributed by atoms with van der Waals surface area (Å²) in [4.78, 5) is 10.7. The summed E-state index contributed by atoms with van der Waals surface area (Å²) in [7, 11) is 0. The first-order valence-corrected chi connectivity index (χ1v) is 5.08. The number of hydrogen-bond acceptors (Lipinski definition) is 2. The van der Waals surface area contributed by atoms with Gasteiger partial charge in [-0.2, -0.15) is 0 Å². The van der Waals surface area contributed by atoms with Crippen LogP contribution in [0.5, 0.6) is 0 Å². The minimum Gasteiger partial charge on any atom is -0.481 e. The molecule has 0 amide bonds. The van der Waals surface area contributed by atoms with Gasteiger partial charge in [-0.15, -0.1) is 0 Å². The Balaban J connectivity index is 2.26. The smallest absolute Gasteiger partial charge is 0.306 e. The molecule has 0 aromatic carbocycles. The lowest BCUT2D eigenvalue weighted by Gasteiger charge is -2.26. The molecule has 3 N–H and O–H groups in total.